The van der Waals surface area contributed by atoms with Gasteiger partial charge in [0, 0.05) is 25.4 Å². The third-order valence-corrected chi connectivity index (χ3v) is 3.49. The van der Waals surface area contributed by atoms with Gasteiger partial charge in [0.15, 0.2) is 5.12 Å². The zero-order valence-corrected chi connectivity index (χ0v) is 13.8. The first kappa shape index (κ1) is 17.9. The van der Waals surface area contributed by atoms with Gasteiger partial charge < -0.3 is 10.6 Å². The van der Waals surface area contributed by atoms with Crippen LogP contribution in [0.5, 0.6) is 0 Å². The Labute approximate surface area is 134 Å². The summed E-state index contributed by atoms with van der Waals surface area (Å²) in [4.78, 5) is 33.0. The number of amides is 1. The van der Waals surface area contributed by atoms with Gasteiger partial charge in [0.1, 0.15) is 0 Å². The Morgan fingerprint density at radius 3 is 2.68 bits per heavy atom. The molecular formula is C15H20N4O2S. The van der Waals surface area contributed by atoms with Crippen LogP contribution in [0, 0.1) is 0 Å². The highest BCUT2D eigenvalue weighted by Gasteiger charge is 2.17. The first-order valence-corrected chi connectivity index (χ1v) is 7.78. The van der Waals surface area contributed by atoms with Crippen molar-refractivity contribution in [1.29, 1.82) is 0 Å². The number of rotatable bonds is 6. The van der Waals surface area contributed by atoms with Gasteiger partial charge in [0.25, 0.3) is 0 Å². The number of hydrogen-bond donors (Lipinski definition) is 1. The molecule has 22 heavy (non-hydrogen) atoms. The molecule has 2 N–H and O–H groups in total. The van der Waals surface area contributed by atoms with E-state index in [0.29, 0.717) is 23.6 Å². The second-order valence-electron chi connectivity index (χ2n) is 4.46. The number of nitrogens with zero attached hydrogens (tertiary/aromatic N) is 3. The van der Waals surface area contributed by atoms with Crippen LogP contribution < -0.4 is 5.73 Å². The number of carbonyl (C=O) groups excluding carboxylic acids is 2. The van der Waals surface area contributed by atoms with Crippen LogP contribution in [0.2, 0.25) is 0 Å². The molecule has 0 aromatic carbocycles. The highest BCUT2D eigenvalue weighted by atomic mass is 32.2. The summed E-state index contributed by atoms with van der Waals surface area (Å²) in [6, 6.07) is 3.58. The molecule has 7 heteroatoms. The molecule has 0 bridgehead atoms. The van der Waals surface area contributed by atoms with Gasteiger partial charge in [0.2, 0.25) is 5.91 Å². The molecule has 0 aliphatic carbocycles. The van der Waals surface area contributed by atoms with Crippen molar-refractivity contribution < 1.29 is 9.59 Å². The summed E-state index contributed by atoms with van der Waals surface area (Å²) in [5.74, 6) is -0.0964. The van der Waals surface area contributed by atoms with E-state index < -0.39 is 0 Å². The van der Waals surface area contributed by atoms with Gasteiger partial charge >= 0.3 is 0 Å². The number of pyridine rings is 1. The lowest BCUT2D eigenvalue weighted by Crippen LogP contribution is -2.34. The summed E-state index contributed by atoms with van der Waals surface area (Å²) in [6.07, 6.45) is 4.82. The lowest BCUT2D eigenvalue weighted by molar-refractivity contribution is -0.126. The second-order valence-corrected chi connectivity index (χ2v) is 5.61. The summed E-state index contributed by atoms with van der Waals surface area (Å²) >= 11 is 0.979. The fraction of sp³-hybridized carbons (Fsp3) is 0.333. The molecule has 0 saturated carbocycles. The Morgan fingerprint density at radius 2 is 2.18 bits per heavy atom. The molecule has 0 aliphatic rings. The minimum absolute atomic E-state index is 0.0840. The smallest absolute Gasteiger partial charge is 0.237 e. The maximum absolute atomic E-state index is 12.2. The average Bonchev–Trinajstić information content (AvgIpc) is 2.49. The van der Waals surface area contributed by atoms with Crippen LogP contribution in [0.3, 0.4) is 0 Å². The van der Waals surface area contributed by atoms with Gasteiger partial charge in [0.05, 0.1) is 29.5 Å². The van der Waals surface area contributed by atoms with Crippen molar-refractivity contribution in [2.75, 3.05) is 12.3 Å². The highest BCUT2D eigenvalue weighted by Crippen LogP contribution is 2.13. The zero-order valence-electron chi connectivity index (χ0n) is 12.9. The summed E-state index contributed by atoms with van der Waals surface area (Å²) in [7, 11) is 0. The first-order valence-electron chi connectivity index (χ1n) is 6.79. The minimum Gasteiger partial charge on any atom is -0.401 e. The van der Waals surface area contributed by atoms with Gasteiger partial charge in [-0.15, -0.1) is 0 Å². The Hall–Kier alpha value is -2.15. The van der Waals surface area contributed by atoms with Gasteiger partial charge in [-0.3, -0.25) is 19.6 Å². The number of carbonyl (C=O) groups is 2. The summed E-state index contributed by atoms with van der Waals surface area (Å²) in [5.41, 5.74) is 7.56. The second kappa shape index (κ2) is 8.99. The zero-order chi connectivity index (χ0) is 16.5. The lowest BCUT2D eigenvalue weighted by Gasteiger charge is -2.22. The SMILES string of the molecule is CCN(C(=O)CSC(C)=O)/C(C=Nc1cccnc1)=C(\C)N. The van der Waals surface area contributed by atoms with Crippen molar-refractivity contribution in [2.45, 2.75) is 20.8 Å². The van der Waals surface area contributed by atoms with Gasteiger partial charge in [-0.1, -0.05) is 11.8 Å². The molecule has 1 rings (SSSR count). The van der Waals surface area contributed by atoms with Crippen LogP contribution in [0.15, 0.2) is 40.9 Å². The fourth-order valence-corrected chi connectivity index (χ4v) is 2.16. The van der Waals surface area contributed by atoms with Crippen molar-refractivity contribution >= 4 is 34.7 Å². The maximum atomic E-state index is 12.2. The molecule has 0 unspecified atom stereocenters. The van der Waals surface area contributed by atoms with Gasteiger partial charge in [-0.2, -0.15) is 0 Å². The number of aromatic nitrogens is 1. The van der Waals surface area contributed by atoms with E-state index >= 15 is 0 Å². The van der Waals surface area contributed by atoms with E-state index in [1.807, 2.05) is 6.92 Å². The topological polar surface area (TPSA) is 88.7 Å². The quantitative estimate of drug-likeness (QED) is 0.811. The van der Waals surface area contributed by atoms with E-state index in [1.165, 1.54) is 11.8 Å². The van der Waals surface area contributed by atoms with Crippen molar-refractivity contribution in [3.63, 3.8) is 0 Å². The minimum atomic E-state index is -0.180. The average molecular weight is 320 g/mol. The van der Waals surface area contributed by atoms with Crippen LogP contribution >= 0.6 is 11.8 Å². The summed E-state index contributed by atoms with van der Waals surface area (Å²) in [5, 5.41) is -0.0940. The van der Waals surface area contributed by atoms with E-state index in [-0.39, 0.29) is 16.8 Å². The summed E-state index contributed by atoms with van der Waals surface area (Å²) < 4.78 is 0. The molecule has 6 nitrogen and oxygen atoms in total. The van der Waals surface area contributed by atoms with Crippen molar-refractivity contribution in [1.82, 2.24) is 9.88 Å². The Kier molecular flexibility index (Phi) is 7.31. The molecule has 0 spiro atoms. The van der Waals surface area contributed by atoms with E-state index in [4.69, 9.17) is 5.73 Å². The van der Waals surface area contributed by atoms with Gasteiger partial charge in [-0.05, 0) is 26.0 Å². The predicted molar refractivity (Wildman–Crippen MR) is 89.8 cm³/mol. The molecule has 0 atom stereocenters. The number of thioether (sulfide) groups is 1. The van der Waals surface area contributed by atoms with Gasteiger partial charge in [-0.25, -0.2) is 0 Å². The molecule has 0 aliphatic heterocycles. The van der Waals surface area contributed by atoms with Crippen molar-refractivity contribution in [3.8, 4) is 0 Å². The van der Waals surface area contributed by atoms with Crippen molar-refractivity contribution in [2.24, 2.45) is 10.7 Å². The van der Waals surface area contributed by atoms with E-state index in [2.05, 4.69) is 9.98 Å². The number of nitrogens with two attached hydrogens (primary N) is 1. The highest BCUT2D eigenvalue weighted by molar-refractivity contribution is 8.14. The molecule has 0 fully saturated rings. The molecule has 0 radical (unpaired) electrons. The molecule has 1 heterocycles. The third-order valence-electron chi connectivity index (χ3n) is 2.69. The van der Waals surface area contributed by atoms with E-state index in [0.717, 1.165) is 11.8 Å². The Morgan fingerprint density at radius 1 is 1.45 bits per heavy atom. The molecule has 118 valence electrons. The molecular weight excluding hydrogens is 300 g/mol. The van der Waals surface area contributed by atoms with Crippen LogP contribution in [-0.4, -0.2) is 39.4 Å². The fourth-order valence-electron chi connectivity index (χ4n) is 1.67. The monoisotopic (exact) mass is 320 g/mol. The van der Waals surface area contributed by atoms with E-state index in [1.54, 1.807) is 37.7 Å². The molecule has 1 amide bonds. The third kappa shape index (κ3) is 5.69. The normalized spacial score (nSPS) is 12.1. The number of hydrogen-bond acceptors (Lipinski definition) is 6. The van der Waals surface area contributed by atoms with E-state index in [9.17, 15) is 9.59 Å². The molecule has 1 aromatic rings. The van der Waals surface area contributed by atoms with Crippen LogP contribution in [0.4, 0.5) is 5.69 Å². The van der Waals surface area contributed by atoms with Crippen LogP contribution in [-0.2, 0) is 9.59 Å². The first-order chi connectivity index (χ1) is 10.5. The number of allylic oxidation sites excluding steroid dienone is 2. The van der Waals surface area contributed by atoms with Crippen LogP contribution in [0.25, 0.3) is 0 Å². The molecule has 1 aromatic heterocycles. The summed E-state index contributed by atoms with van der Waals surface area (Å²) in [6.45, 7) is 5.43. The predicted octanol–water partition coefficient (Wildman–Crippen LogP) is 2.10. The molecule has 0 saturated heterocycles. The van der Waals surface area contributed by atoms with Crippen LogP contribution in [0.1, 0.15) is 20.8 Å². The Bertz CT molecular complexity index is 580. The largest absolute Gasteiger partial charge is 0.401 e. The standard InChI is InChI=1S/C15H20N4O2S/c1-4-19(15(21)10-22-12(3)20)14(11(2)16)9-18-13-6-5-7-17-8-13/h5-9H,4,10,16H2,1-3H3/b14-11+,18-9?. The maximum Gasteiger partial charge on any atom is 0.237 e. The lowest BCUT2D eigenvalue weighted by atomic mass is 10.3. The Balaban J connectivity index is 2.93. The number of aliphatic imine (C=N–C) groups is 1. The van der Waals surface area contributed by atoms with Crippen molar-refractivity contribution in [3.05, 3.63) is 35.9 Å².